The Hall–Kier alpha value is -1.93. The van der Waals surface area contributed by atoms with Gasteiger partial charge in [0.1, 0.15) is 5.75 Å². The molecule has 0 radical (unpaired) electrons. The molecule has 7 heteroatoms. The number of nitrogens with zero attached hydrogens (tertiary/aromatic N) is 1. The Bertz CT molecular complexity index is 825. The van der Waals surface area contributed by atoms with Crippen LogP contribution in [-0.2, 0) is 14.8 Å². The van der Waals surface area contributed by atoms with Crippen LogP contribution in [0.15, 0.2) is 59.5 Å². The van der Waals surface area contributed by atoms with E-state index in [0.29, 0.717) is 25.5 Å². The minimum Gasteiger partial charge on any atom is -0.494 e. The lowest BCUT2D eigenvalue weighted by atomic mass is 10.1. The summed E-state index contributed by atoms with van der Waals surface area (Å²) in [7, 11) is -3.50. The molecule has 6 nitrogen and oxygen atoms in total. The summed E-state index contributed by atoms with van der Waals surface area (Å²) in [6.07, 6.45) is 0.827. The third-order valence-electron chi connectivity index (χ3n) is 4.71. The Labute approximate surface area is 167 Å². The third-order valence-corrected chi connectivity index (χ3v) is 6.19. The van der Waals surface area contributed by atoms with Crippen LogP contribution < -0.4 is 9.46 Å². The molecule has 1 fully saturated rings. The molecule has 2 aromatic rings. The van der Waals surface area contributed by atoms with Crippen LogP contribution in [0.3, 0.4) is 0 Å². The molecule has 28 heavy (non-hydrogen) atoms. The van der Waals surface area contributed by atoms with Crippen molar-refractivity contribution in [3.63, 3.8) is 0 Å². The highest BCUT2D eigenvalue weighted by Crippen LogP contribution is 2.22. The second-order valence-corrected chi connectivity index (χ2v) is 8.49. The van der Waals surface area contributed by atoms with Crippen LogP contribution in [0.2, 0.25) is 0 Å². The molecule has 152 valence electrons. The van der Waals surface area contributed by atoms with Crippen molar-refractivity contribution >= 4 is 10.0 Å². The molecule has 1 aliphatic rings. The number of rotatable bonds is 9. The van der Waals surface area contributed by atoms with Gasteiger partial charge in [-0.3, -0.25) is 4.90 Å². The highest BCUT2D eigenvalue weighted by molar-refractivity contribution is 7.89. The monoisotopic (exact) mass is 404 g/mol. The molecular weight excluding hydrogens is 376 g/mol. The van der Waals surface area contributed by atoms with E-state index in [-0.39, 0.29) is 11.0 Å². The summed E-state index contributed by atoms with van der Waals surface area (Å²) in [6, 6.07) is 16.7. The predicted octanol–water partition coefficient (Wildman–Crippen LogP) is 2.83. The summed E-state index contributed by atoms with van der Waals surface area (Å²) in [5.41, 5.74) is 1.18. The Kier molecular flexibility index (Phi) is 7.44. The zero-order valence-corrected chi connectivity index (χ0v) is 17.0. The first-order chi connectivity index (χ1) is 13.6. The zero-order chi connectivity index (χ0) is 19.8. The lowest BCUT2D eigenvalue weighted by molar-refractivity contribution is -0.0300. The van der Waals surface area contributed by atoms with E-state index in [4.69, 9.17) is 9.47 Å². The molecule has 0 unspecified atom stereocenters. The average Bonchev–Trinajstić information content (AvgIpc) is 2.73. The predicted molar refractivity (Wildman–Crippen MR) is 109 cm³/mol. The first kappa shape index (κ1) is 20.8. The smallest absolute Gasteiger partial charge is 0.240 e. The van der Waals surface area contributed by atoms with Crippen LogP contribution in [0.1, 0.15) is 25.0 Å². The van der Waals surface area contributed by atoms with E-state index in [9.17, 15) is 8.42 Å². The average molecular weight is 405 g/mol. The van der Waals surface area contributed by atoms with Crippen molar-refractivity contribution in [2.24, 2.45) is 0 Å². The fraction of sp³-hybridized carbons (Fsp3) is 0.429. The Morgan fingerprint density at radius 3 is 2.61 bits per heavy atom. The van der Waals surface area contributed by atoms with E-state index in [1.54, 1.807) is 24.3 Å². The van der Waals surface area contributed by atoms with Gasteiger partial charge in [0.15, 0.2) is 0 Å². The van der Waals surface area contributed by atoms with Crippen molar-refractivity contribution in [1.82, 2.24) is 9.62 Å². The lowest BCUT2D eigenvalue weighted by Crippen LogP contribution is -2.39. The maximum Gasteiger partial charge on any atom is 0.240 e. The fourth-order valence-corrected chi connectivity index (χ4v) is 4.32. The van der Waals surface area contributed by atoms with Crippen molar-refractivity contribution in [1.29, 1.82) is 0 Å². The number of hydrogen-bond acceptors (Lipinski definition) is 5. The summed E-state index contributed by atoms with van der Waals surface area (Å²) in [5.74, 6) is 0.668. The van der Waals surface area contributed by atoms with Crippen LogP contribution in [0.4, 0.5) is 0 Å². The quantitative estimate of drug-likeness (QED) is 0.651. The number of hydrogen-bond donors (Lipinski definition) is 1. The summed E-state index contributed by atoms with van der Waals surface area (Å²) < 4.78 is 38.7. The SMILES string of the molecule is CCOc1ccc(S(=O)(=O)NCCCN2CCO[C@H](c3ccccc3)C2)cc1. The van der Waals surface area contributed by atoms with Crippen LogP contribution >= 0.6 is 0 Å². The molecule has 0 bridgehead atoms. The van der Waals surface area contributed by atoms with Crippen molar-refractivity contribution in [2.75, 3.05) is 39.4 Å². The second-order valence-electron chi connectivity index (χ2n) is 6.73. The standard InChI is InChI=1S/C21H28N2O4S/c1-2-26-19-9-11-20(12-10-19)28(24,25)22-13-6-14-23-15-16-27-21(17-23)18-7-4-3-5-8-18/h3-5,7-12,21-22H,2,6,13-17H2,1H3/t21-/m0/s1. The zero-order valence-electron chi connectivity index (χ0n) is 16.2. The minimum absolute atomic E-state index is 0.0792. The van der Waals surface area contributed by atoms with Crippen LogP contribution in [0, 0.1) is 0 Å². The molecule has 1 heterocycles. The van der Waals surface area contributed by atoms with Crippen molar-refractivity contribution in [2.45, 2.75) is 24.3 Å². The molecule has 3 rings (SSSR count). The Balaban J connectivity index is 1.44. The van der Waals surface area contributed by atoms with Crippen molar-refractivity contribution in [3.05, 3.63) is 60.2 Å². The van der Waals surface area contributed by atoms with E-state index in [1.807, 2.05) is 25.1 Å². The molecule has 1 aliphatic heterocycles. The van der Waals surface area contributed by atoms with Gasteiger partial charge in [0.05, 0.1) is 24.2 Å². The van der Waals surface area contributed by atoms with E-state index in [2.05, 4.69) is 21.8 Å². The lowest BCUT2D eigenvalue weighted by Gasteiger charge is -2.33. The van der Waals surface area contributed by atoms with Gasteiger partial charge in [-0.25, -0.2) is 13.1 Å². The van der Waals surface area contributed by atoms with Crippen molar-refractivity contribution < 1.29 is 17.9 Å². The van der Waals surface area contributed by atoms with Crippen LogP contribution in [0.5, 0.6) is 5.75 Å². The number of morpholine rings is 1. The largest absolute Gasteiger partial charge is 0.494 e. The maximum atomic E-state index is 12.4. The van der Waals surface area contributed by atoms with Crippen LogP contribution in [0.25, 0.3) is 0 Å². The van der Waals surface area contributed by atoms with E-state index >= 15 is 0 Å². The summed E-state index contributed by atoms with van der Waals surface area (Å²) in [5, 5.41) is 0. The topological polar surface area (TPSA) is 67.9 Å². The first-order valence-electron chi connectivity index (χ1n) is 9.70. The molecule has 0 amide bonds. The van der Waals surface area contributed by atoms with Gasteiger partial charge in [-0.05, 0) is 49.7 Å². The third kappa shape index (κ3) is 5.78. The number of benzene rings is 2. The van der Waals surface area contributed by atoms with E-state index < -0.39 is 10.0 Å². The highest BCUT2D eigenvalue weighted by Gasteiger charge is 2.21. The number of ether oxygens (including phenoxy) is 2. The van der Waals surface area contributed by atoms with Crippen LogP contribution in [-0.4, -0.2) is 52.7 Å². The molecular formula is C21H28N2O4S. The fourth-order valence-electron chi connectivity index (χ4n) is 3.25. The molecule has 0 aliphatic carbocycles. The molecule has 0 spiro atoms. The highest BCUT2D eigenvalue weighted by atomic mass is 32.2. The summed E-state index contributed by atoms with van der Waals surface area (Å²) >= 11 is 0. The second kappa shape index (κ2) is 10.0. The van der Waals surface area contributed by atoms with Gasteiger partial charge in [0, 0.05) is 19.6 Å². The Morgan fingerprint density at radius 2 is 1.89 bits per heavy atom. The molecule has 1 atom stereocenters. The van der Waals surface area contributed by atoms with Gasteiger partial charge in [-0.2, -0.15) is 0 Å². The van der Waals surface area contributed by atoms with Crippen molar-refractivity contribution in [3.8, 4) is 5.75 Å². The summed E-state index contributed by atoms with van der Waals surface area (Å²) in [6.45, 7) is 6.07. The number of nitrogens with one attached hydrogen (secondary N) is 1. The molecule has 0 aromatic heterocycles. The summed E-state index contributed by atoms with van der Waals surface area (Å²) in [4.78, 5) is 2.58. The van der Waals surface area contributed by atoms with Gasteiger partial charge in [0.25, 0.3) is 0 Å². The maximum absolute atomic E-state index is 12.4. The van der Waals surface area contributed by atoms with E-state index in [0.717, 1.165) is 26.1 Å². The normalized spacial score (nSPS) is 18.1. The van der Waals surface area contributed by atoms with Gasteiger partial charge in [-0.15, -0.1) is 0 Å². The first-order valence-corrected chi connectivity index (χ1v) is 11.2. The van der Waals surface area contributed by atoms with E-state index in [1.165, 1.54) is 5.56 Å². The molecule has 0 saturated carbocycles. The van der Waals surface area contributed by atoms with Gasteiger partial charge >= 0.3 is 0 Å². The van der Waals surface area contributed by atoms with Gasteiger partial charge in [0.2, 0.25) is 10.0 Å². The molecule has 2 aromatic carbocycles. The van der Waals surface area contributed by atoms with Gasteiger partial charge in [-0.1, -0.05) is 30.3 Å². The van der Waals surface area contributed by atoms with Gasteiger partial charge < -0.3 is 9.47 Å². The minimum atomic E-state index is -3.50. The molecule has 1 N–H and O–H groups in total. The molecule has 1 saturated heterocycles. The Morgan fingerprint density at radius 1 is 1.14 bits per heavy atom. The number of sulfonamides is 1.